The second kappa shape index (κ2) is 16.9. The Bertz CT molecular complexity index is 300. The maximum Gasteiger partial charge on any atom is 0.305 e. The fourth-order valence-corrected chi connectivity index (χ4v) is 3.25. The van der Waals surface area contributed by atoms with Crippen molar-refractivity contribution in [3.8, 4) is 0 Å². The molecule has 0 spiro atoms. The fraction of sp³-hybridized carbons (Fsp3) is 0.955. The summed E-state index contributed by atoms with van der Waals surface area (Å²) in [6.45, 7) is 3.65. The Morgan fingerprint density at radius 3 is 1.68 bits per heavy atom. The van der Waals surface area contributed by atoms with Gasteiger partial charge in [-0.1, -0.05) is 96.8 Å². The Balaban J connectivity index is 1.66. The van der Waals surface area contributed by atoms with E-state index in [9.17, 15) is 4.79 Å². The van der Waals surface area contributed by atoms with Crippen molar-refractivity contribution >= 4 is 5.97 Å². The van der Waals surface area contributed by atoms with Gasteiger partial charge in [-0.2, -0.15) is 0 Å². The van der Waals surface area contributed by atoms with Gasteiger partial charge in [0.25, 0.3) is 0 Å². The maximum atomic E-state index is 11.5. The van der Waals surface area contributed by atoms with Gasteiger partial charge in [0.15, 0.2) is 0 Å². The summed E-state index contributed by atoms with van der Waals surface area (Å²) in [4.78, 5) is 11.5. The number of ether oxygens (including phenoxy) is 2. The van der Waals surface area contributed by atoms with Crippen molar-refractivity contribution in [1.29, 1.82) is 0 Å². The molecular weight excluding hydrogens is 312 g/mol. The number of hydrogen-bond donors (Lipinski definition) is 0. The van der Waals surface area contributed by atoms with Crippen molar-refractivity contribution in [3.05, 3.63) is 0 Å². The molecule has 0 aliphatic carbocycles. The van der Waals surface area contributed by atoms with E-state index >= 15 is 0 Å². The van der Waals surface area contributed by atoms with Gasteiger partial charge in [0.2, 0.25) is 0 Å². The normalized spacial score (nSPS) is 16.1. The highest BCUT2D eigenvalue weighted by Crippen LogP contribution is 2.15. The summed E-state index contributed by atoms with van der Waals surface area (Å²) in [5, 5.41) is 0. The molecule has 0 N–H and O–H groups in total. The molecule has 0 radical (unpaired) electrons. The van der Waals surface area contributed by atoms with Gasteiger partial charge in [0, 0.05) is 12.8 Å². The number of carbonyl (C=O) groups excluding carboxylic acids is 1. The molecule has 1 rings (SSSR count). The predicted octanol–water partition coefficient (Wildman–Crippen LogP) is 6.58. The third-order valence-corrected chi connectivity index (χ3v) is 5.09. The topological polar surface area (TPSA) is 38.8 Å². The van der Waals surface area contributed by atoms with E-state index in [0.29, 0.717) is 19.1 Å². The number of unbranched alkanes of at least 4 members (excludes halogenated alkanes) is 14. The average molecular weight is 355 g/mol. The van der Waals surface area contributed by atoms with Gasteiger partial charge in [-0.25, -0.2) is 0 Å². The van der Waals surface area contributed by atoms with Crippen molar-refractivity contribution in [2.24, 2.45) is 0 Å². The monoisotopic (exact) mass is 354 g/mol. The molecule has 0 amide bonds. The van der Waals surface area contributed by atoms with Gasteiger partial charge >= 0.3 is 5.97 Å². The highest BCUT2D eigenvalue weighted by atomic mass is 16.6. The van der Waals surface area contributed by atoms with Crippen LogP contribution in [0.2, 0.25) is 0 Å². The van der Waals surface area contributed by atoms with Crippen LogP contribution in [0.4, 0.5) is 0 Å². The zero-order valence-electron chi connectivity index (χ0n) is 16.7. The van der Waals surface area contributed by atoms with Crippen LogP contribution < -0.4 is 0 Å². The summed E-state index contributed by atoms with van der Waals surface area (Å²) in [5.41, 5.74) is 0. The third-order valence-electron chi connectivity index (χ3n) is 5.09. The van der Waals surface area contributed by atoms with Crippen LogP contribution in [-0.4, -0.2) is 25.3 Å². The van der Waals surface area contributed by atoms with Crippen molar-refractivity contribution in [2.45, 2.75) is 122 Å². The van der Waals surface area contributed by atoms with Gasteiger partial charge in [0.1, 0.15) is 0 Å². The first-order valence-electron chi connectivity index (χ1n) is 11.1. The SMILES string of the molecule is CCCCCCCCCCCCCCCCCC(=O)OCCC1CO1. The van der Waals surface area contributed by atoms with Gasteiger partial charge in [0.05, 0.1) is 19.3 Å². The second-order valence-electron chi connectivity index (χ2n) is 7.66. The van der Waals surface area contributed by atoms with Crippen molar-refractivity contribution in [1.82, 2.24) is 0 Å². The lowest BCUT2D eigenvalue weighted by molar-refractivity contribution is -0.143. The summed E-state index contributed by atoms with van der Waals surface area (Å²) >= 11 is 0. The molecule has 0 aromatic heterocycles. The van der Waals surface area contributed by atoms with E-state index in [-0.39, 0.29) is 5.97 Å². The minimum atomic E-state index is -0.0321. The molecular formula is C22H42O3. The lowest BCUT2D eigenvalue weighted by Gasteiger charge is -2.04. The molecule has 1 heterocycles. The Morgan fingerprint density at radius 2 is 1.24 bits per heavy atom. The minimum absolute atomic E-state index is 0.0321. The van der Waals surface area contributed by atoms with Crippen molar-refractivity contribution in [2.75, 3.05) is 13.2 Å². The molecule has 25 heavy (non-hydrogen) atoms. The summed E-state index contributed by atoms with van der Waals surface area (Å²) < 4.78 is 10.3. The summed E-state index contributed by atoms with van der Waals surface area (Å²) in [7, 11) is 0. The quantitative estimate of drug-likeness (QED) is 0.149. The molecule has 1 atom stereocenters. The standard InChI is InChI=1S/C22H42O3/c1-2-3-4-5-6-7-8-9-10-11-12-13-14-15-16-17-22(23)24-19-18-21-20-25-21/h21H,2-20H2,1H3. The Kier molecular flexibility index (Phi) is 15.2. The van der Waals surface area contributed by atoms with Gasteiger partial charge < -0.3 is 9.47 Å². The first-order valence-corrected chi connectivity index (χ1v) is 11.1. The maximum absolute atomic E-state index is 11.5. The van der Waals surface area contributed by atoms with Gasteiger partial charge in [-0.15, -0.1) is 0 Å². The van der Waals surface area contributed by atoms with Crippen LogP contribution in [0.1, 0.15) is 116 Å². The third kappa shape index (κ3) is 16.6. The molecule has 0 aromatic carbocycles. The molecule has 148 valence electrons. The Labute approximate surface area is 156 Å². The minimum Gasteiger partial charge on any atom is -0.466 e. The lowest BCUT2D eigenvalue weighted by atomic mass is 10.0. The van der Waals surface area contributed by atoms with Crippen LogP contribution in [0.25, 0.3) is 0 Å². The number of epoxide rings is 1. The number of rotatable bonds is 19. The van der Waals surface area contributed by atoms with Crippen LogP contribution >= 0.6 is 0 Å². The van der Waals surface area contributed by atoms with Crippen LogP contribution in [0.3, 0.4) is 0 Å². The summed E-state index contributed by atoms with van der Waals surface area (Å²) in [6.07, 6.45) is 22.1. The molecule has 1 unspecified atom stereocenters. The van der Waals surface area contributed by atoms with Crippen LogP contribution in [-0.2, 0) is 14.3 Å². The van der Waals surface area contributed by atoms with Crippen molar-refractivity contribution < 1.29 is 14.3 Å². The van der Waals surface area contributed by atoms with E-state index in [1.807, 2.05) is 0 Å². The van der Waals surface area contributed by atoms with E-state index in [4.69, 9.17) is 9.47 Å². The Morgan fingerprint density at radius 1 is 0.800 bits per heavy atom. The van der Waals surface area contributed by atoms with E-state index in [1.54, 1.807) is 0 Å². The highest BCUT2D eigenvalue weighted by molar-refractivity contribution is 5.69. The second-order valence-corrected chi connectivity index (χ2v) is 7.66. The molecule has 1 aliphatic heterocycles. The summed E-state index contributed by atoms with van der Waals surface area (Å²) in [5.74, 6) is -0.0321. The molecule has 3 heteroatoms. The first-order chi connectivity index (χ1) is 12.3. The first kappa shape index (κ1) is 22.5. The van der Waals surface area contributed by atoms with E-state index < -0.39 is 0 Å². The highest BCUT2D eigenvalue weighted by Gasteiger charge is 2.22. The summed E-state index contributed by atoms with van der Waals surface area (Å²) in [6, 6.07) is 0. The smallest absolute Gasteiger partial charge is 0.305 e. The fourth-order valence-electron chi connectivity index (χ4n) is 3.25. The van der Waals surface area contributed by atoms with Crippen LogP contribution in [0, 0.1) is 0 Å². The lowest BCUT2D eigenvalue weighted by Crippen LogP contribution is -2.07. The van der Waals surface area contributed by atoms with Gasteiger partial charge in [-0.05, 0) is 6.42 Å². The number of carbonyl (C=O) groups is 1. The molecule has 3 nitrogen and oxygen atoms in total. The average Bonchev–Trinajstić information content (AvgIpc) is 3.42. The van der Waals surface area contributed by atoms with Crippen LogP contribution in [0.15, 0.2) is 0 Å². The van der Waals surface area contributed by atoms with Crippen LogP contribution in [0.5, 0.6) is 0 Å². The zero-order chi connectivity index (χ0) is 18.0. The largest absolute Gasteiger partial charge is 0.466 e. The number of hydrogen-bond acceptors (Lipinski definition) is 3. The van der Waals surface area contributed by atoms with Gasteiger partial charge in [-0.3, -0.25) is 4.79 Å². The zero-order valence-corrected chi connectivity index (χ0v) is 16.7. The van der Waals surface area contributed by atoms with E-state index in [0.717, 1.165) is 19.4 Å². The van der Waals surface area contributed by atoms with E-state index in [1.165, 1.54) is 89.9 Å². The molecule has 1 fully saturated rings. The Hall–Kier alpha value is -0.570. The molecule has 0 aromatic rings. The number of esters is 1. The molecule has 0 saturated carbocycles. The van der Waals surface area contributed by atoms with E-state index in [2.05, 4.69) is 6.92 Å². The molecule has 1 saturated heterocycles. The predicted molar refractivity (Wildman–Crippen MR) is 105 cm³/mol. The van der Waals surface area contributed by atoms with Crippen molar-refractivity contribution in [3.63, 3.8) is 0 Å². The molecule has 0 bridgehead atoms. The molecule has 1 aliphatic rings.